The van der Waals surface area contributed by atoms with Crippen LogP contribution in [-0.2, 0) is 11.2 Å². The first-order valence-electron chi connectivity index (χ1n) is 4.45. The molecule has 0 aliphatic carbocycles. The normalized spacial score (nSPS) is 10.1. The second-order valence-electron chi connectivity index (χ2n) is 2.99. The maximum absolute atomic E-state index is 13.2. The van der Waals surface area contributed by atoms with Crippen LogP contribution in [0.3, 0.4) is 0 Å². The molecule has 1 aromatic carbocycles. The van der Waals surface area contributed by atoms with E-state index >= 15 is 0 Å². The van der Waals surface area contributed by atoms with E-state index < -0.39 is 12.5 Å². The standard InChI is InChI=1S/C10H11ClFNO2/c11-8-1-2-9(12)7(5-8)3-4-13-10(15)6-14/h1-2,5,14H,3-4,6H2,(H,13,15). The van der Waals surface area contributed by atoms with Gasteiger partial charge in [-0.05, 0) is 30.2 Å². The topological polar surface area (TPSA) is 49.3 Å². The number of benzene rings is 1. The molecule has 0 saturated carbocycles. The minimum absolute atomic E-state index is 0.274. The lowest BCUT2D eigenvalue weighted by Crippen LogP contribution is -2.28. The summed E-state index contributed by atoms with van der Waals surface area (Å²) >= 11 is 5.69. The minimum Gasteiger partial charge on any atom is -0.387 e. The van der Waals surface area contributed by atoms with Crippen LogP contribution in [0.2, 0.25) is 5.02 Å². The largest absolute Gasteiger partial charge is 0.387 e. The van der Waals surface area contributed by atoms with Gasteiger partial charge in [-0.3, -0.25) is 4.79 Å². The summed E-state index contributed by atoms with van der Waals surface area (Å²) in [6, 6.07) is 4.26. The van der Waals surface area contributed by atoms with E-state index in [2.05, 4.69) is 5.32 Å². The Morgan fingerprint density at radius 3 is 2.93 bits per heavy atom. The van der Waals surface area contributed by atoms with Gasteiger partial charge in [-0.1, -0.05) is 11.6 Å². The van der Waals surface area contributed by atoms with Crippen LogP contribution in [0.5, 0.6) is 0 Å². The van der Waals surface area contributed by atoms with E-state index in [1.165, 1.54) is 18.2 Å². The number of hydrogen-bond donors (Lipinski definition) is 2. The van der Waals surface area contributed by atoms with Crippen molar-refractivity contribution in [1.82, 2.24) is 5.32 Å². The Kier molecular flexibility index (Phi) is 4.52. The Balaban J connectivity index is 2.50. The van der Waals surface area contributed by atoms with Crippen molar-refractivity contribution in [2.45, 2.75) is 6.42 Å². The summed E-state index contributed by atoms with van der Waals surface area (Å²) in [6.45, 7) is -0.283. The fraction of sp³-hybridized carbons (Fsp3) is 0.300. The summed E-state index contributed by atoms with van der Waals surface area (Å²) < 4.78 is 13.2. The molecule has 0 aliphatic rings. The predicted molar refractivity (Wildman–Crippen MR) is 55.2 cm³/mol. The van der Waals surface area contributed by atoms with Crippen LogP contribution < -0.4 is 5.32 Å². The number of nitrogens with one attached hydrogen (secondary N) is 1. The van der Waals surface area contributed by atoms with Crippen LogP contribution in [-0.4, -0.2) is 24.2 Å². The third-order valence-electron chi connectivity index (χ3n) is 1.87. The Hall–Kier alpha value is -1.13. The molecule has 0 bridgehead atoms. The molecule has 0 unspecified atom stereocenters. The van der Waals surface area contributed by atoms with Crippen LogP contribution in [0.4, 0.5) is 4.39 Å². The predicted octanol–water partition coefficient (Wildman–Crippen LogP) is 1.13. The van der Waals surface area contributed by atoms with Crippen LogP contribution in [0.1, 0.15) is 5.56 Å². The molecule has 0 spiro atoms. The van der Waals surface area contributed by atoms with Crippen molar-refractivity contribution in [1.29, 1.82) is 0 Å². The van der Waals surface area contributed by atoms with E-state index in [1.54, 1.807) is 0 Å². The summed E-state index contributed by atoms with van der Waals surface area (Å²) in [4.78, 5) is 10.7. The first-order chi connectivity index (χ1) is 7.13. The Bertz CT molecular complexity index is 357. The van der Waals surface area contributed by atoms with Gasteiger partial charge in [-0.2, -0.15) is 0 Å². The molecular weight excluding hydrogens is 221 g/mol. The van der Waals surface area contributed by atoms with Crippen molar-refractivity contribution in [3.05, 3.63) is 34.6 Å². The van der Waals surface area contributed by atoms with Crippen LogP contribution in [0.15, 0.2) is 18.2 Å². The fourth-order valence-corrected chi connectivity index (χ4v) is 1.32. The second kappa shape index (κ2) is 5.68. The molecule has 5 heteroatoms. The van der Waals surface area contributed by atoms with E-state index in [1.807, 2.05) is 0 Å². The van der Waals surface area contributed by atoms with Gasteiger partial charge in [-0.25, -0.2) is 4.39 Å². The molecule has 0 atom stereocenters. The summed E-state index contributed by atoms with van der Waals surface area (Å²) in [7, 11) is 0. The molecule has 1 amide bonds. The highest BCUT2D eigenvalue weighted by Crippen LogP contribution is 2.14. The van der Waals surface area contributed by atoms with Crippen molar-refractivity contribution in [3.63, 3.8) is 0 Å². The molecule has 0 radical (unpaired) electrons. The van der Waals surface area contributed by atoms with Crippen molar-refractivity contribution in [2.24, 2.45) is 0 Å². The highest BCUT2D eigenvalue weighted by molar-refractivity contribution is 6.30. The van der Waals surface area contributed by atoms with Gasteiger partial charge in [-0.15, -0.1) is 0 Å². The van der Waals surface area contributed by atoms with Crippen LogP contribution in [0.25, 0.3) is 0 Å². The van der Waals surface area contributed by atoms with E-state index in [0.29, 0.717) is 17.0 Å². The van der Waals surface area contributed by atoms with Gasteiger partial charge < -0.3 is 10.4 Å². The van der Waals surface area contributed by atoms with E-state index in [0.717, 1.165) is 0 Å². The van der Waals surface area contributed by atoms with Crippen molar-refractivity contribution in [3.8, 4) is 0 Å². The number of aliphatic hydroxyl groups is 1. The average molecular weight is 232 g/mol. The maximum atomic E-state index is 13.2. The summed E-state index contributed by atoms with van der Waals surface area (Å²) in [5.74, 6) is -0.824. The molecule has 15 heavy (non-hydrogen) atoms. The number of aliphatic hydroxyl groups excluding tert-OH is 1. The molecule has 3 nitrogen and oxygen atoms in total. The third-order valence-corrected chi connectivity index (χ3v) is 2.10. The summed E-state index contributed by atoms with van der Waals surface area (Å²) in [6.07, 6.45) is 0.345. The molecule has 0 saturated heterocycles. The van der Waals surface area contributed by atoms with Gasteiger partial charge in [0.25, 0.3) is 0 Å². The highest BCUT2D eigenvalue weighted by atomic mass is 35.5. The monoisotopic (exact) mass is 231 g/mol. The van der Waals surface area contributed by atoms with Gasteiger partial charge in [0.05, 0.1) is 0 Å². The van der Waals surface area contributed by atoms with E-state index in [4.69, 9.17) is 16.7 Å². The average Bonchev–Trinajstić information content (AvgIpc) is 2.23. The molecule has 1 aromatic rings. The number of hydrogen-bond acceptors (Lipinski definition) is 2. The van der Waals surface area contributed by atoms with Crippen LogP contribution >= 0.6 is 11.6 Å². The fourth-order valence-electron chi connectivity index (χ4n) is 1.13. The van der Waals surface area contributed by atoms with E-state index in [-0.39, 0.29) is 12.4 Å². The zero-order valence-electron chi connectivity index (χ0n) is 7.96. The SMILES string of the molecule is O=C(CO)NCCc1cc(Cl)ccc1F. The zero-order valence-corrected chi connectivity index (χ0v) is 8.72. The first kappa shape index (κ1) is 11.9. The first-order valence-corrected chi connectivity index (χ1v) is 4.82. The maximum Gasteiger partial charge on any atom is 0.245 e. The van der Waals surface area contributed by atoms with Crippen molar-refractivity contribution < 1.29 is 14.3 Å². The van der Waals surface area contributed by atoms with Gasteiger partial charge in [0.15, 0.2) is 0 Å². The Labute approximate surface area is 91.9 Å². The van der Waals surface area contributed by atoms with Gasteiger partial charge >= 0.3 is 0 Å². The van der Waals surface area contributed by atoms with E-state index in [9.17, 15) is 9.18 Å². The number of amides is 1. The lowest BCUT2D eigenvalue weighted by Gasteiger charge is -2.05. The Morgan fingerprint density at radius 2 is 2.27 bits per heavy atom. The summed E-state index contributed by atoms with van der Waals surface area (Å²) in [5.41, 5.74) is 0.445. The molecule has 2 N–H and O–H groups in total. The number of rotatable bonds is 4. The molecule has 0 heterocycles. The van der Waals surface area contributed by atoms with Gasteiger partial charge in [0, 0.05) is 11.6 Å². The van der Waals surface area contributed by atoms with Crippen LogP contribution in [0, 0.1) is 5.82 Å². The molecule has 1 rings (SSSR count). The summed E-state index contributed by atoms with van der Waals surface area (Å²) in [5, 5.41) is 11.3. The highest BCUT2D eigenvalue weighted by Gasteiger charge is 2.03. The lowest BCUT2D eigenvalue weighted by atomic mass is 10.1. The Morgan fingerprint density at radius 1 is 1.53 bits per heavy atom. The van der Waals surface area contributed by atoms with Gasteiger partial charge in [0.2, 0.25) is 5.91 Å². The lowest BCUT2D eigenvalue weighted by molar-refractivity contribution is -0.123. The van der Waals surface area contributed by atoms with Crippen molar-refractivity contribution >= 4 is 17.5 Å². The zero-order chi connectivity index (χ0) is 11.3. The molecule has 0 fully saturated rings. The number of halogens is 2. The van der Waals surface area contributed by atoms with Crippen molar-refractivity contribution in [2.75, 3.05) is 13.2 Å². The third kappa shape index (κ3) is 3.85. The second-order valence-corrected chi connectivity index (χ2v) is 3.43. The molecule has 82 valence electrons. The number of carbonyl (C=O) groups excluding carboxylic acids is 1. The van der Waals surface area contributed by atoms with Gasteiger partial charge in [0.1, 0.15) is 12.4 Å². The molecule has 0 aliphatic heterocycles. The number of carbonyl (C=O) groups is 1. The minimum atomic E-state index is -0.558. The molecule has 0 aromatic heterocycles. The molecular formula is C10H11ClFNO2. The quantitative estimate of drug-likeness (QED) is 0.816. The smallest absolute Gasteiger partial charge is 0.245 e.